The summed E-state index contributed by atoms with van der Waals surface area (Å²) in [5.74, 6) is -0.412. The Labute approximate surface area is 128 Å². The second-order valence-corrected chi connectivity index (χ2v) is 5.81. The Bertz CT molecular complexity index is 567. The molecule has 1 aromatic rings. The number of nitro benzene ring substituents is 1. The Morgan fingerprint density at radius 2 is 2.05 bits per heavy atom. The van der Waals surface area contributed by atoms with Crippen LogP contribution in [0.1, 0.15) is 38.7 Å². The zero-order valence-corrected chi connectivity index (χ0v) is 12.7. The van der Waals surface area contributed by atoms with Crippen molar-refractivity contribution in [2.24, 2.45) is 5.10 Å². The minimum absolute atomic E-state index is 0.195. The smallest absolute Gasteiger partial charge is 0.312 e. The second-order valence-electron chi connectivity index (χ2n) is 5.37. The van der Waals surface area contributed by atoms with E-state index < -0.39 is 16.4 Å². The van der Waals surface area contributed by atoms with Gasteiger partial charge in [-0.3, -0.25) is 15.1 Å². The van der Waals surface area contributed by atoms with Gasteiger partial charge in [-0.2, -0.15) is 5.10 Å². The topological polar surface area (TPSA) is 79.0 Å². The van der Waals surface area contributed by atoms with E-state index in [1.54, 1.807) is 0 Å². The third-order valence-corrected chi connectivity index (χ3v) is 3.98. The van der Waals surface area contributed by atoms with E-state index in [0.29, 0.717) is 12.1 Å². The van der Waals surface area contributed by atoms with Gasteiger partial charge in [0.1, 0.15) is 0 Å². The van der Waals surface area contributed by atoms with Gasteiger partial charge < -0.3 is 5.11 Å². The van der Waals surface area contributed by atoms with E-state index in [-0.39, 0.29) is 10.6 Å². The van der Waals surface area contributed by atoms with Gasteiger partial charge in [0, 0.05) is 28.7 Å². The normalized spacial score (nSPS) is 22.7. The fourth-order valence-corrected chi connectivity index (χ4v) is 2.83. The molecule has 0 spiro atoms. The molecule has 0 aliphatic carbocycles. The summed E-state index contributed by atoms with van der Waals surface area (Å²) in [5, 5.41) is 27.4. The van der Waals surface area contributed by atoms with Crippen LogP contribution in [0.4, 0.5) is 5.69 Å². The van der Waals surface area contributed by atoms with Gasteiger partial charge in [-0.15, -0.1) is 0 Å². The lowest BCUT2D eigenvalue weighted by molar-refractivity contribution is -0.385. The van der Waals surface area contributed by atoms with Crippen LogP contribution in [-0.4, -0.2) is 33.3 Å². The third-order valence-electron chi connectivity index (χ3n) is 3.76. The van der Waals surface area contributed by atoms with Gasteiger partial charge in [0.25, 0.3) is 0 Å². The molecule has 2 rings (SSSR count). The van der Waals surface area contributed by atoms with E-state index in [9.17, 15) is 15.2 Å². The average Bonchev–Trinajstić information content (AvgIpc) is 2.41. The first-order chi connectivity index (χ1) is 9.90. The van der Waals surface area contributed by atoms with Gasteiger partial charge in [-0.1, -0.05) is 11.6 Å². The molecule has 2 atom stereocenters. The maximum Gasteiger partial charge on any atom is 0.312 e. The van der Waals surface area contributed by atoms with E-state index in [2.05, 4.69) is 18.9 Å². The molecule has 114 valence electrons. The molecule has 0 unspecified atom stereocenters. The Morgan fingerprint density at radius 3 is 2.62 bits per heavy atom. The van der Waals surface area contributed by atoms with Gasteiger partial charge in [0.15, 0.2) is 0 Å². The molecule has 1 saturated heterocycles. The number of benzene rings is 1. The Hall–Kier alpha value is -1.82. The number of hydrazone groups is 1. The van der Waals surface area contributed by atoms with E-state index in [0.717, 1.165) is 18.9 Å². The molecule has 1 N–H and O–H groups in total. The third kappa shape index (κ3) is 3.44. The lowest BCUT2D eigenvalue weighted by atomic mass is 10.00. The highest BCUT2D eigenvalue weighted by atomic mass is 35.5. The summed E-state index contributed by atoms with van der Waals surface area (Å²) in [6, 6.07) is 3.20. The number of halogens is 1. The van der Waals surface area contributed by atoms with Crippen molar-refractivity contribution in [1.82, 2.24) is 5.01 Å². The number of nitro groups is 1. The lowest BCUT2D eigenvalue weighted by Gasteiger charge is -2.36. The highest BCUT2D eigenvalue weighted by molar-refractivity contribution is 6.31. The van der Waals surface area contributed by atoms with E-state index >= 15 is 0 Å². The van der Waals surface area contributed by atoms with E-state index in [1.165, 1.54) is 18.7 Å². The molecule has 0 aromatic heterocycles. The van der Waals surface area contributed by atoms with E-state index in [1.807, 2.05) is 5.01 Å². The zero-order chi connectivity index (χ0) is 15.6. The van der Waals surface area contributed by atoms with Crippen LogP contribution in [-0.2, 0) is 0 Å². The van der Waals surface area contributed by atoms with Crippen LogP contribution in [0.2, 0.25) is 5.02 Å². The predicted octanol–water partition coefficient (Wildman–Crippen LogP) is 3.55. The van der Waals surface area contributed by atoms with Crippen LogP contribution in [0.25, 0.3) is 0 Å². The number of piperidine rings is 1. The Kier molecular flexibility index (Phi) is 4.67. The largest absolute Gasteiger partial charge is 0.502 e. The van der Waals surface area contributed by atoms with Crippen LogP contribution >= 0.6 is 11.6 Å². The number of hydrogen-bond donors (Lipinski definition) is 1. The summed E-state index contributed by atoms with van der Waals surface area (Å²) in [6.07, 6.45) is 4.72. The van der Waals surface area contributed by atoms with Gasteiger partial charge >= 0.3 is 5.69 Å². The maximum absolute atomic E-state index is 10.9. The number of phenolic OH excluding ortho intramolecular Hbond substituents is 1. The molecule has 0 saturated carbocycles. The highest BCUT2D eigenvalue weighted by Crippen LogP contribution is 2.32. The first-order valence-electron chi connectivity index (χ1n) is 6.89. The van der Waals surface area contributed by atoms with Gasteiger partial charge in [0.2, 0.25) is 5.75 Å². The molecule has 1 heterocycles. The van der Waals surface area contributed by atoms with Crippen molar-refractivity contribution in [3.63, 3.8) is 0 Å². The molecule has 7 heteroatoms. The van der Waals surface area contributed by atoms with Crippen molar-refractivity contribution in [3.8, 4) is 5.75 Å². The first-order valence-corrected chi connectivity index (χ1v) is 7.27. The molecule has 6 nitrogen and oxygen atoms in total. The lowest BCUT2D eigenvalue weighted by Crippen LogP contribution is -2.39. The Balaban J connectivity index is 2.30. The summed E-state index contributed by atoms with van der Waals surface area (Å²) < 4.78 is 0. The second kappa shape index (κ2) is 6.30. The number of aromatic hydroxyl groups is 1. The molecular weight excluding hydrogens is 294 g/mol. The minimum Gasteiger partial charge on any atom is -0.502 e. The van der Waals surface area contributed by atoms with Crippen molar-refractivity contribution < 1.29 is 10.0 Å². The van der Waals surface area contributed by atoms with Crippen molar-refractivity contribution in [2.75, 3.05) is 0 Å². The van der Waals surface area contributed by atoms with E-state index in [4.69, 9.17) is 11.6 Å². The fourth-order valence-electron chi connectivity index (χ4n) is 2.61. The summed E-state index contributed by atoms with van der Waals surface area (Å²) >= 11 is 5.85. The monoisotopic (exact) mass is 311 g/mol. The summed E-state index contributed by atoms with van der Waals surface area (Å²) in [4.78, 5) is 10.2. The predicted molar refractivity (Wildman–Crippen MR) is 82.0 cm³/mol. The van der Waals surface area contributed by atoms with Crippen molar-refractivity contribution in [3.05, 3.63) is 32.8 Å². The molecule has 1 aliphatic heterocycles. The summed E-state index contributed by atoms with van der Waals surface area (Å²) in [7, 11) is 0. The molecule has 1 aromatic carbocycles. The van der Waals surface area contributed by atoms with Crippen LogP contribution in [0.15, 0.2) is 17.2 Å². The van der Waals surface area contributed by atoms with Gasteiger partial charge in [-0.05, 0) is 39.2 Å². The summed E-state index contributed by atoms with van der Waals surface area (Å²) in [6.45, 7) is 4.18. The van der Waals surface area contributed by atoms with Gasteiger partial charge in [-0.25, -0.2) is 0 Å². The molecular formula is C14H18ClN3O3. The van der Waals surface area contributed by atoms with Gasteiger partial charge in [0.05, 0.1) is 11.1 Å². The summed E-state index contributed by atoms with van der Waals surface area (Å²) in [5.41, 5.74) is -0.164. The molecule has 0 amide bonds. The first kappa shape index (κ1) is 15.6. The van der Waals surface area contributed by atoms with Crippen molar-refractivity contribution in [2.45, 2.75) is 45.2 Å². The molecule has 0 bridgehead atoms. The number of phenols is 1. The number of hydrogen-bond acceptors (Lipinski definition) is 5. The van der Waals surface area contributed by atoms with Crippen LogP contribution in [0.3, 0.4) is 0 Å². The quantitative estimate of drug-likeness (QED) is 0.526. The number of nitrogens with zero attached hydrogens (tertiary/aromatic N) is 3. The Morgan fingerprint density at radius 1 is 1.43 bits per heavy atom. The van der Waals surface area contributed by atoms with Crippen LogP contribution in [0, 0.1) is 10.1 Å². The minimum atomic E-state index is -0.662. The molecule has 1 fully saturated rings. The zero-order valence-electron chi connectivity index (χ0n) is 12.0. The SMILES string of the molecule is C[C@@H]1CCC[C@@H](C)N1/N=C/c1cc(Cl)cc([N+](=O)[O-])c1O. The van der Waals surface area contributed by atoms with Crippen LogP contribution in [0.5, 0.6) is 5.75 Å². The average molecular weight is 312 g/mol. The molecule has 1 aliphatic rings. The molecule has 21 heavy (non-hydrogen) atoms. The maximum atomic E-state index is 10.9. The van der Waals surface area contributed by atoms with Crippen molar-refractivity contribution in [1.29, 1.82) is 0 Å². The highest BCUT2D eigenvalue weighted by Gasteiger charge is 2.23. The standard InChI is InChI=1S/C14H18ClN3O3/c1-9-4-3-5-10(2)17(9)16-8-11-6-12(15)7-13(14(11)19)18(20)21/h6-10,19H,3-5H2,1-2H3/b16-8+/t9-,10-/m1/s1. The number of rotatable bonds is 3. The fraction of sp³-hybridized carbons (Fsp3) is 0.500. The van der Waals surface area contributed by atoms with Crippen molar-refractivity contribution >= 4 is 23.5 Å². The van der Waals surface area contributed by atoms with Crippen LogP contribution < -0.4 is 0 Å². The molecule has 0 radical (unpaired) electrons.